The molecule has 0 aliphatic rings. The number of fused-ring (bicyclic) bond motifs is 5. The maximum atomic E-state index is 6.49. The minimum Gasteiger partial charge on any atom is -0.486 e. The first-order valence-corrected chi connectivity index (χ1v) is 21.1. The number of hydrogen-bond donors (Lipinski definition) is 1. The maximum absolute atomic E-state index is 6.49. The number of hydrogen-bond acceptors (Lipinski definition) is 3. The smallest absolute Gasteiger partial charge is 0.150 e. The van der Waals surface area contributed by atoms with Crippen molar-refractivity contribution in [1.82, 2.24) is 0 Å². The molecule has 0 bridgehead atoms. The van der Waals surface area contributed by atoms with Crippen LogP contribution in [0.3, 0.4) is 0 Å². The highest BCUT2D eigenvalue weighted by Gasteiger charge is 2.17. The summed E-state index contributed by atoms with van der Waals surface area (Å²) in [6.45, 7) is 0.408. The Kier molecular flexibility index (Phi) is 9.40. The van der Waals surface area contributed by atoms with Crippen LogP contribution in [0.5, 0.6) is 5.75 Å². The first-order chi connectivity index (χ1) is 30.7. The maximum Gasteiger partial charge on any atom is 0.150 e. The second-order valence-electron chi connectivity index (χ2n) is 15.8. The Morgan fingerprint density at radius 3 is 1.63 bits per heavy atom. The quantitative estimate of drug-likeness (QED) is 0.117. The molecule has 0 aliphatic carbocycles. The largest absolute Gasteiger partial charge is 0.486 e. The van der Waals surface area contributed by atoms with Gasteiger partial charge in [-0.15, -0.1) is 0 Å². The number of anilines is 4. The van der Waals surface area contributed by atoms with E-state index in [9.17, 15) is 0 Å². The second kappa shape index (κ2) is 15.8. The van der Waals surface area contributed by atoms with E-state index < -0.39 is 0 Å². The molecule has 0 heterocycles. The highest BCUT2D eigenvalue weighted by molar-refractivity contribution is 6.13. The first-order valence-electron chi connectivity index (χ1n) is 21.1. The van der Waals surface area contributed by atoms with Gasteiger partial charge in [0.1, 0.15) is 6.61 Å². The van der Waals surface area contributed by atoms with Gasteiger partial charge >= 0.3 is 0 Å². The van der Waals surface area contributed by atoms with Crippen LogP contribution >= 0.6 is 0 Å². The normalized spacial score (nSPS) is 11.4. The zero-order valence-corrected chi connectivity index (χ0v) is 34.1. The van der Waals surface area contributed by atoms with Crippen molar-refractivity contribution in [3.05, 3.63) is 236 Å². The van der Waals surface area contributed by atoms with Gasteiger partial charge in [-0.25, -0.2) is 0 Å². The van der Waals surface area contributed by atoms with Gasteiger partial charge < -0.3 is 15.4 Å². The van der Waals surface area contributed by atoms with Gasteiger partial charge in [0.05, 0.1) is 5.69 Å². The topological polar surface area (TPSA) is 38.5 Å². The van der Waals surface area contributed by atoms with E-state index in [1.165, 1.54) is 54.7 Å². The molecule has 0 aromatic heterocycles. The minimum absolute atomic E-state index is 0.408. The van der Waals surface area contributed by atoms with E-state index in [1.807, 2.05) is 24.3 Å². The Balaban J connectivity index is 0.960. The molecule has 0 spiro atoms. The van der Waals surface area contributed by atoms with Crippen LogP contribution in [0.4, 0.5) is 22.7 Å². The van der Waals surface area contributed by atoms with Gasteiger partial charge in [-0.3, -0.25) is 0 Å². The molecule has 3 heteroatoms. The van der Waals surface area contributed by atoms with Crippen molar-refractivity contribution >= 4 is 65.8 Å². The Hall–Kier alpha value is -8.14. The van der Waals surface area contributed by atoms with Crippen LogP contribution in [0, 0.1) is 0 Å². The van der Waals surface area contributed by atoms with Crippen LogP contribution in [0.25, 0.3) is 76.5 Å². The molecule has 11 aromatic rings. The van der Waals surface area contributed by atoms with Crippen molar-refractivity contribution in [1.29, 1.82) is 0 Å². The summed E-state index contributed by atoms with van der Waals surface area (Å²) in [5, 5.41) is 9.50. The SMILES string of the molecule is Nc1ccc2ccccc2c1OCc1ccc(-c2ccc(N(c3ccc(-c4cc5ccccc5c5ccccc45)cc3)c3cccc(-c4ccccc4)c3)cc2)c2ccccc12. The molecule has 11 aromatic carbocycles. The molecule has 0 aliphatic heterocycles. The summed E-state index contributed by atoms with van der Waals surface area (Å²) in [5.41, 5.74) is 18.5. The van der Waals surface area contributed by atoms with Crippen molar-refractivity contribution < 1.29 is 4.74 Å². The van der Waals surface area contributed by atoms with Gasteiger partial charge in [0.2, 0.25) is 0 Å². The number of ether oxygens (including phenoxy) is 1. The Labute approximate surface area is 361 Å². The number of rotatable bonds is 9. The van der Waals surface area contributed by atoms with Gasteiger partial charge in [-0.1, -0.05) is 182 Å². The van der Waals surface area contributed by atoms with Gasteiger partial charge in [0.15, 0.2) is 5.75 Å². The highest BCUT2D eigenvalue weighted by atomic mass is 16.5. The molecule has 294 valence electrons. The Bertz CT molecular complexity index is 3410. The fourth-order valence-electron chi connectivity index (χ4n) is 9.09. The second-order valence-corrected chi connectivity index (χ2v) is 15.8. The monoisotopic (exact) mass is 794 g/mol. The number of benzene rings is 11. The van der Waals surface area contributed by atoms with Crippen molar-refractivity contribution in [3.63, 3.8) is 0 Å². The molecule has 0 atom stereocenters. The first kappa shape index (κ1) is 36.9. The van der Waals surface area contributed by atoms with Crippen LogP contribution in [0.1, 0.15) is 5.56 Å². The third kappa shape index (κ3) is 6.76. The van der Waals surface area contributed by atoms with E-state index in [4.69, 9.17) is 10.5 Å². The summed E-state index contributed by atoms with van der Waals surface area (Å²) < 4.78 is 6.49. The fourth-order valence-corrected chi connectivity index (χ4v) is 9.09. The van der Waals surface area contributed by atoms with Crippen molar-refractivity contribution in [2.45, 2.75) is 6.61 Å². The van der Waals surface area contributed by atoms with Gasteiger partial charge in [-0.05, 0) is 125 Å². The molecule has 0 amide bonds. The molecular weight excluding hydrogens is 753 g/mol. The summed E-state index contributed by atoms with van der Waals surface area (Å²) in [7, 11) is 0. The van der Waals surface area contributed by atoms with Crippen molar-refractivity contribution in [2.75, 3.05) is 10.6 Å². The zero-order chi connectivity index (χ0) is 41.4. The fraction of sp³-hybridized carbons (Fsp3) is 0.0169. The summed E-state index contributed by atoms with van der Waals surface area (Å²) in [6.07, 6.45) is 0. The lowest BCUT2D eigenvalue weighted by Crippen LogP contribution is -2.10. The molecule has 11 rings (SSSR count). The number of nitrogen functional groups attached to an aromatic ring is 1. The lowest BCUT2D eigenvalue weighted by Gasteiger charge is -2.26. The number of nitrogens with two attached hydrogens (primary N) is 1. The van der Waals surface area contributed by atoms with Gasteiger partial charge in [0.25, 0.3) is 0 Å². The van der Waals surface area contributed by atoms with Crippen LogP contribution in [0.15, 0.2) is 231 Å². The van der Waals surface area contributed by atoms with Crippen LogP contribution in [-0.2, 0) is 6.61 Å². The molecule has 0 saturated carbocycles. The Morgan fingerprint density at radius 2 is 0.903 bits per heavy atom. The van der Waals surface area contributed by atoms with E-state index in [0.29, 0.717) is 12.3 Å². The summed E-state index contributed by atoms with van der Waals surface area (Å²) in [4.78, 5) is 2.36. The third-order valence-corrected chi connectivity index (χ3v) is 12.1. The zero-order valence-electron chi connectivity index (χ0n) is 34.1. The van der Waals surface area contributed by atoms with Gasteiger partial charge in [0, 0.05) is 22.4 Å². The predicted molar refractivity (Wildman–Crippen MR) is 263 cm³/mol. The van der Waals surface area contributed by atoms with E-state index in [0.717, 1.165) is 50.1 Å². The Morgan fingerprint density at radius 1 is 0.339 bits per heavy atom. The number of nitrogens with zero attached hydrogens (tertiary/aromatic N) is 1. The van der Waals surface area contributed by atoms with E-state index in [2.05, 4.69) is 211 Å². The van der Waals surface area contributed by atoms with Crippen LogP contribution in [0.2, 0.25) is 0 Å². The molecule has 3 nitrogen and oxygen atoms in total. The standard InChI is InChI=1S/C59H42N2O/c60-58-36-30-41-15-4-7-21-53(41)59(58)62-39-46-29-35-52(54-22-9-8-20-51(46)54)42-25-31-47(32-26-42)61(49-18-12-17-44(37-49)40-13-2-1-3-14-40)48-33-27-43(28-34-48)57-38-45-16-5-6-19-50(45)55-23-10-11-24-56(55)57/h1-38H,39,60H2. The summed E-state index contributed by atoms with van der Waals surface area (Å²) in [5.74, 6) is 0.725. The molecule has 62 heavy (non-hydrogen) atoms. The lowest BCUT2D eigenvalue weighted by molar-refractivity contribution is 0.313. The third-order valence-electron chi connectivity index (χ3n) is 12.1. The summed E-state index contributed by atoms with van der Waals surface area (Å²) >= 11 is 0. The average Bonchev–Trinajstić information content (AvgIpc) is 3.34. The van der Waals surface area contributed by atoms with E-state index in [1.54, 1.807) is 0 Å². The molecule has 2 N–H and O–H groups in total. The van der Waals surface area contributed by atoms with Crippen molar-refractivity contribution in [2.24, 2.45) is 0 Å². The predicted octanol–water partition coefficient (Wildman–Crippen LogP) is 15.9. The molecular formula is C59H42N2O. The van der Waals surface area contributed by atoms with Gasteiger partial charge in [-0.2, -0.15) is 0 Å². The van der Waals surface area contributed by atoms with E-state index >= 15 is 0 Å². The highest BCUT2D eigenvalue weighted by Crippen LogP contribution is 2.41. The molecule has 0 radical (unpaired) electrons. The molecule has 0 saturated heterocycles. The van der Waals surface area contributed by atoms with Crippen LogP contribution in [-0.4, -0.2) is 0 Å². The average molecular weight is 795 g/mol. The van der Waals surface area contributed by atoms with Crippen molar-refractivity contribution in [3.8, 4) is 39.1 Å². The van der Waals surface area contributed by atoms with E-state index in [-0.39, 0.29) is 0 Å². The molecule has 0 unspecified atom stereocenters. The molecule has 0 fully saturated rings. The lowest BCUT2D eigenvalue weighted by atomic mass is 9.93. The van der Waals surface area contributed by atoms with Crippen LogP contribution < -0.4 is 15.4 Å². The summed E-state index contributed by atoms with van der Waals surface area (Å²) in [6, 6.07) is 82.3. The minimum atomic E-state index is 0.408.